The average Bonchev–Trinajstić information content (AvgIpc) is 3.35. The van der Waals surface area contributed by atoms with Gasteiger partial charge in [0.1, 0.15) is 42.4 Å². The van der Waals surface area contributed by atoms with Crippen molar-refractivity contribution in [1.82, 2.24) is 19.8 Å². The first-order valence-corrected chi connectivity index (χ1v) is 16.3. The molecule has 44 heavy (non-hydrogen) atoms. The van der Waals surface area contributed by atoms with Gasteiger partial charge in [0.25, 0.3) is 11.5 Å². The molecule has 3 aliphatic rings. The summed E-state index contributed by atoms with van der Waals surface area (Å²) in [4.78, 5) is 72.4. The minimum absolute atomic E-state index is 0.137. The van der Waals surface area contributed by atoms with Crippen LogP contribution in [-0.2, 0) is 32.4 Å². The Morgan fingerprint density at radius 1 is 0.909 bits per heavy atom. The van der Waals surface area contributed by atoms with Gasteiger partial charge in [-0.3, -0.25) is 28.2 Å². The number of phosphoric ester groups is 2. The quantitative estimate of drug-likeness (QED) is 0.0895. The summed E-state index contributed by atoms with van der Waals surface area (Å²) in [6.45, 7) is 3.75. The third-order valence-corrected chi connectivity index (χ3v) is 7.96. The minimum Gasteiger partial charge on any atom is -0.387 e. The predicted molar refractivity (Wildman–Crippen MR) is 150 cm³/mol. The number of hydrogen-bond donors (Lipinski definition) is 10. The highest BCUT2D eigenvalue weighted by Gasteiger charge is 2.47. The van der Waals surface area contributed by atoms with Gasteiger partial charge in [-0.25, -0.2) is 13.9 Å². The Kier molecular flexibility index (Phi) is 11.9. The van der Waals surface area contributed by atoms with Crippen molar-refractivity contribution in [2.75, 3.05) is 13.2 Å². The van der Waals surface area contributed by atoms with Crippen LogP contribution in [0.2, 0.25) is 0 Å². The molecular weight excluding hydrogens is 757 g/mol. The van der Waals surface area contributed by atoms with Crippen molar-refractivity contribution in [2.45, 2.75) is 56.0 Å². The van der Waals surface area contributed by atoms with E-state index in [1.165, 1.54) is 18.0 Å². The lowest BCUT2D eigenvalue weighted by Gasteiger charge is -2.33. The topological polar surface area (TPSA) is 320 Å². The number of rotatable bonds is 8. The molecule has 0 spiro atoms. The number of aromatic nitrogens is 2. The monoisotopic (exact) mass is 786 g/mol. The molecule has 0 aliphatic carbocycles. The maximum Gasteiger partial charge on any atom is 0.469 e. The summed E-state index contributed by atoms with van der Waals surface area (Å²) in [7, 11) is -9.49. The van der Waals surface area contributed by atoms with E-state index in [2.05, 4.69) is 20.9 Å². The van der Waals surface area contributed by atoms with Gasteiger partial charge in [-0.1, -0.05) is 6.58 Å². The number of ether oxygens (including phenoxy) is 2. The highest BCUT2D eigenvalue weighted by molar-refractivity contribution is 14.1. The van der Waals surface area contributed by atoms with Gasteiger partial charge in [0, 0.05) is 18.0 Å². The maximum absolute atomic E-state index is 11.7. The van der Waals surface area contributed by atoms with Crippen molar-refractivity contribution in [1.29, 1.82) is 0 Å². The summed E-state index contributed by atoms with van der Waals surface area (Å²) < 4.78 is 41.6. The number of amides is 1. The number of aliphatic hydroxyl groups is 4. The molecule has 10 N–H and O–H groups in total. The summed E-state index contributed by atoms with van der Waals surface area (Å²) in [6.07, 6.45) is -8.19. The maximum atomic E-state index is 11.7. The highest BCUT2D eigenvalue weighted by atomic mass is 127. The molecule has 0 bridgehead atoms. The third kappa shape index (κ3) is 9.11. The van der Waals surface area contributed by atoms with E-state index in [-0.39, 0.29) is 17.3 Å². The standard InChI is InChI=1S/C10H14IN2O8P.C10H15N2O9P/c1-4-12-9(16)5(11)2-13(4)10-8(15)7(14)6(21-10)3-20-22(17,18)19;1-4-2-12(10(16)11-8(4)15)9-7(14)6(13)5(21-9)3-20-22(17,18)19/h2,6-8,10,14-15H,1,3H2,(H,12,16)(H2,17,18,19);2,5-7,9,13-14H,3H2,1H3,(H,11,15,16)(H2,17,18,19)/t6-,7?,8-,10-;5-,6?,7-,9-/m11/s1. The van der Waals surface area contributed by atoms with Crippen LogP contribution in [-0.4, -0.2) is 116 Å². The van der Waals surface area contributed by atoms with Gasteiger partial charge in [-0.05, 0) is 29.5 Å². The number of carbonyl (C=O) groups is 1. The molecular formula is C20H29IN4O17P2. The number of nitrogens with one attached hydrogen (secondary N) is 2. The number of H-pyrrole nitrogens is 1. The Labute approximate surface area is 259 Å². The number of hydrogen-bond acceptors (Lipinski definition) is 14. The van der Waals surface area contributed by atoms with E-state index in [0.717, 1.165) is 10.8 Å². The zero-order chi connectivity index (χ0) is 33.3. The SMILES string of the molecule is C=C1NC(=O)C(I)=CN1[C@@H]1O[C@H](COP(=O)(O)O)C(O)[C@H]1O.Cc1cn([C@@H]2O[C@H](COP(=O)(O)O)C(O)[C@H]2O)c(=O)[nH]c1=O. The number of halogens is 1. The second-order valence-electron chi connectivity index (χ2n) is 9.43. The molecule has 24 heteroatoms. The second kappa shape index (κ2) is 14.3. The molecule has 248 valence electrons. The molecule has 1 amide bonds. The molecule has 2 fully saturated rings. The summed E-state index contributed by atoms with van der Waals surface area (Å²) in [6, 6.07) is 0. The summed E-state index contributed by atoms with van der Waals surface area (Å²) in [5.74, 6) is -0.227. The summed E-state index contributed by atoms with van der Waals surface area (Å²) in [5.41, 5.74) is -1.28. The molecule has 0 aromatic carbocycles. The summed E-state index contributed by atoms with van der Waals surface area (Å²) >= 11 is 1.78. The van der Waals surface area contributed by atoms with E-state index in [1.807, 2.05) is 4.98 Å². The van der Waals surface area contributed by atoms with Crippen LogP contribution in [0.5, 0.6) is 0 Å². The largest absolute Gasteiger partial charge is 0.469 e. The first kappa shape index (κ1) is 36.6. The number of aromatic amines is 1. The molecule has 4 heterocycles. The fraction of sp³-hybridized carbons (Fsp3) is 0.550. The first-order chi connectivity index (χ1) is 20.2. The van der Waals surface area contributed by atoms with Gasteiger partial charge in [0.15, 0.2) is 12.5 Å². The van der Waals surface area contributed by atoms with Gasteiger partial charge in [-0.15, -0.1) is 0 Å². The fourth-order valence-corrected chi connectivity index (χ4v) is 5.17. The molecule has 0 saturated carbocycles. The minimum atomic E-state index is -4.77. The molecule has 4 rings (SSSR count). The zero-order valence-electron chi connectivity index (χ0n) is 22.3. The Morgan fingerprint density at radius 2 is 1.39 bits per heavy atom. The van der Waals surface area contributed by atoms with E-state index in [1.54, 1.807) is 22.6 Å². The Morgan fingerprint density at radius 3 is 1.89 bits per heavy atom. The van der Waals surface area contributed by atoms with Crippen molar-refractivity contribution < 1.29 is 72.4 Å². The van der Waals surface area contributed by atoms with E-state index < -0.39 is 89.2 Å². The Hall–Kier alpha value is -1.86. The lowest BCUT2D eigenvalue weighted by molar-refractivity contribution is -0.118. The molecule has 8 atom stereocenters. The van der Waals surface area contributed by atoms with Crippen molar-refractivity contribution in [3.8, 4) is 0 Å². The van der Waals surface area contributed by atoms with E-state index in [9.17, 15) is 43.9 Å². The van der Waals surface area contributed by atoms with Gasteiger partial charge >= 0.3 is 21.3 Å². The summed E-state index contributed by atoms with van der Waals surface area (Å²) in [5, 5.41) is 42.1. The van der Waals surface area contributed by atoms with E-state index in [4.69, 9.17) is 29.0 Å². The van der Waals surface area contributed by atoms with Gasteiger partial charge in [0.2, 0.25) is 0 Å². The molecule has 21 nitrogen and oxygen atoms in total. The number of aryl methyl sites for hydroxylation is 1. The number of aliphatic hydroxyl groups excluding tert-OH is 4. The molecule has 0 radical (unpaired) electrons. The number of phosphoric acid groups is 2. The smallest absolute Gasteiger partial charge is 0.387 e. The zero-order valence-corrected chi connectivity index (χ0v) is 26.3. The van der Waals surface area contributed by atoms with E-state index >= 15 is 0 Å². The lowest BCUT2D eigenvalue weighted by Crippen LogP contribution is -2.47. The van der Waals surface area contributed by atoms with Crippen LogP contribution in [0, 0.1) is 6.92 Å². The van der Waals surface area contributed by atoms with Crippen molar-refractivity contribution in [2.24, 2.45) is 0 Å². The van der Waals surface area contributed by atoms with E-state index in [0.29, 0.717) is 3.58 Å². The molecule has 2 unspecified atom stereocenters. The van der Waals surface area contributed by atoms with Gasteiger partial charge < -0.3 is 59.7 Å². The van der Waals surface area contributed by atoms with Crippen LogP contribution in [0.25, 0.3) is 0 Å². The van der Waals surface area contributed by atoms with Crippen LogP contribution in [0.1, 0.15) is 11.8 Å². The fourth-order valence-electron chi connectivity index (χ4n) is 4.05. The lowest BCUT2D eigenvalue weighted by atomic mass is 10.1. The Balaban J connectivity index is 0.000000240. The van der Waals surface area contributed by atoms with Crippen LogP contribution >= 0.6 is 38.2 Å². The first-order valence-electron chi connectivity index (χ1n) is 12.1. The molecule has 1 aromatic heterocycles. The van der Waals surface area contributed by atoms with Crippen LogP contribution in [0.15, 0.2) is 38.0 Å². The number of carbonyl (C=O) groups excluding carboxylic acids is 1. The average molecular weight is 786 g/mol. The predicted octanol–water partition coefficient (Wildman–Crippen LogP) is -3.70. The second-order valence-corrected chi connectivity index (χ2v) is 13.1. The molecule has 1 aromatic rings. The van der Waals surface area contributed by atoms with Crippen LogP contribution in [0.4, 0.5) is 0 Å². The molecule has 3 aliphatic heterocycles. The van der Waals surface area contributed by atoms with Crippen molar-refractivity contribution in [3.05, 3.63) is 54.8 Å². The van der Waals surface area contributed by atoms with Gasteiger partial charge in [-0.2, -0.15) is 0 Å². The number of nitrogens with zero attached hydrogens (tertiary/aromatic N) is 2. The van der Waals surface area contributed by atoms with Crippen molar-refractivity contribution in [3.63, 3.8) is 0 Å². The van der Waals surface area contributed by atoms with Gasteiger partial charge in [0.05, 0.1) is 16.8 Å². The normalized spacial score (nSPS) is 31.0. The van der Waals surface area contributed by atoms with Crippen LogP contribution < -0.4 is 16.6 Å². The third-order valence-electron chi connectivity index (χ3n) is 6.22. The van der Waals surface area contributed by atoms with Crippen molar-refractivity contribution >= 4 is 44.1 Å². The highest BCUT2D eigenvalue weighted by Crippen LogP contribution is 2.39. The molecule has 2 saturated heterocycles. The van der Waals surface area contributed by atoms with Crippen LogP contribution in [0.3, 0.4) is 0 Å². The Bertz CT molecular complexity index is 1490.